The predicted molar refractivity (Wildman–Crippen MR) is 70.7 cm³/mol. The van der Waals surface area contributed by atoms with Crippen molar-refractivity contribution >= 4 is 43.2 Å². The molecule has 1 aromatic rings. The van der Waals surface area contributed by atoms with Gasteiger partial charge < -0.3 is 5.73 Å². The Hall–Kier alpha value is 0.620. The van der Waals surface area contributed by atoms with Gasteiger partial charge in [-0.3, -0.25) is 0 Å². The highest BCUT2D eigenvalue weighted by Crippen LogP contribution is 2.42. The van der Waals surface area contributed by atoms with E-state index < -0.39 is 0 Å². The van der Waals surface area contributed by atoms with Crippen LogP contribution in [0.25, 0.3) is 0 Å². The molecule has 1 rings (SSSR count). The summed E-state index contributed by atoms with van der Waals surface area (Å²) < 4.78 is 2.26. The highest BCUT2D eigenvalue weighted by molar-refractivity contribution is 9.12. The molecule has 0 aliphatic rings. The van der Waals surface area contributed by atoms with E-state index in [-0.39, 0.29) is 11.5 Å². The second kappa shape index (κ2) is 4.64. The molecule has 1 atom stereocenters. The molecule has 1 nitrogen and oxygen atoms in total. The standard InChI is InChI=1S/C10H15Br2NS/c1-4-10(2,3)8(13)6-5-7(11)14-9(6)12/h5,8H,4,13H2,1-3H3. The molecule has 0 aliphatic heterocycles. The van der Waals surface area contributed by atoms with Crippen LogP contribution in [-0.4, -0.2) is 0 Å². The van der Waals surface area contributed by atoms with Gasteiger partial charge in [0.1, 0.15) is 0 Å². The third-order valence-corrected chi connectivity index (χ3v) is 5.16. The van der Waals surface area contributed by atoms with E-state index in [0.717, 1.165) is 14.0 Å². The highest BCUT2D eigenvalue weighted by Gasteiger charge is 2.28. The lowest BCUT2D eigenvalue weighted by atomic mass is 9.80. The zero-order valence-electron chi connectivity index (χ0n) is 8.60. The van der Waals surface area contributed by atoms with Crippen molar-refractivity contribution in [2.24, 2.45) is 11.1 Å². The first-order valence-corrected chi connectivity index (χ1v) is 6.99. The van der Waals surface area contributed by atoms with Gasteiger partial charge in [0, 0.05) is 6.04 Å². The zero-order valence-corrected chi connectivity index (χ0v) is 12.6. The highest BCUT2D eigenvalue weighted by atomic mass is 79.9. The molecule has 0 aliphatic carbocycles. The summed E-state index contributed by atoms with van der Waals surface area (Å²) in [5.74, 6) is 0. The van der Waals surface area contributed by atoms with E-state index in [0.29, 0.717) is 0 Å². The minimum atomic E-state index is 0.0874. The minimum Gasteiger partial charge on any atom is -0.323 e. The lowest BCUT2D eigenvalue weighted by Crippen LogP contribution is -2.28. The quantitative estimate of drug-likeness (QED) is 0.847. The van der Waals surface area contributed by atoms with Crippen LogP contribution in [0.15, 0.2) is 13.6 Å². The summed E-state index contributed by atoms with van der Waals surface area (Å²) >= 11 is 8.70. The van der Waals surface area contributed by atoms with Crippen LogP contribution in [0.4, 0.5) is 0 Å². The van der Waals surface area contributed by atoms with Crippen molar-refractivity contribution in [1.29, 1.82) is 0 Å². The lowest BCUT2D eigenvalue weighted by Gasteiger charge is -2.30. The normalized spacial score (nSPS) is 14.4. The molecule has 14 heavy (non-hydrogen) atoms. The van der Waals surface area contributed by atoms with Crippen LogP contribution in [0.2, 0.25) is 0 Å². The van der Waals surface area contributed by atoms with Gasteiger partial charge in [-0.25, -0.2) is 0 Å². The Labute approximate surface area is 106 Å². The van der Waals surface area contributed by atoms with Gasteiger partial charge in [-0.2, -0.15) is 0 Å². The van der Waals surface area contributed by atoms with Crippen LogP contribution in [0.5, 0.6) is 0 Å². The Kier molecular flexibility index (Phi) is 4.21. The maximum atomic E-state index is 6.25. The van der Waals surface area contributed by atoms with Crippen molar-refractivity contribution < 1.29 is 0 Å². The molecule has 4 heteroatoms. The van der Waals surface area contributed by atoms with Crippen molar-refractivity contribution in [3.05, 3.63) is 19.2 Å². The monoisotopic (exact) mass is 339 g/mol. The molecule has 0 aromatic carbocycles. The third kappa shape index (κ3) is 2.60. The van der Waals surface area contributed by atoms with Crippen molar-refractivity contribution in [2.45, 2.75) is 33.2 Å². The average molecular weight is 341 g/mol. The average Bonchev–Trinajstić information content (AvgIpc) is 2.44. The molecule has 0 fully saturated rings. The smallest absolute Gasteiger partial charge is 0.0758 e. The molecular formula is C10H15Br2NS. The Balaban J connectivity index is 3.00. The molecular weight excluding hydrogens is 326 g/mol. The number of halogens is 2. The SMILES string of the molecule is CCC(C)(C)C(N)c1cc(Br)sc1Br. The summed E-state index contributed by atoms with van der Waals surface area (Å²) in [5, 5.41) is 0. The van der Waals surface area contributed by atoms with Crippen LogP contribution < -0.4 is 5.73 Å². The van der Waals surface area contributed by atoms with Crippen molar-refractivity contribution in [3.63, 3.8) is 0 Å². The van der Waals surface area contributed by atoms with Crippen LogP contribution in [0.3, 0.4) is 0 Å². The van der Waals surface area contributed by atoms with Crippen molar-refractivity contribution in [2.75, 3.05) is 0 Å². The molecule has 0 saturated carbocycles. The van der Waals surface area contributed by atoms with Crippen LogP contribution in [-0.2, 0) is 0 Å². The summed E-state index contributed by atoms with van der Waals surface area (Å²) in [6.07, 6.45) is 1.08. The number of hydrogen-bond acceptors (Lipinski definition) is 2. The Morgan fingerprint density at radius 1 is 1.50 bits per heavy atom. The largest absolute Gasteiger partial charge is 0.323 e. The van der Waals surface area contributed by atoms with E-state index in [1.165, 1.54) is 5.56 Å². The van der Waals surface area contributed by atoms with Crippen molar-refractivity contribution in [3.8, 4) is 0 Å². The fraction of sp³-hybridized carbons (Fsp3) is 0.600. The predicted octanol–water partition coefficient (Wildman–Crippen LogP) is 4.71. The van der Waals surface area contributed by atoms with Gasteiger partial charge >= 0.3 is 0 Å². The number of rotatable bonds is 3. The van der Waals surface area contributed by atoms with Gasteiger partial charge in [0.05, 0.1) is 7.57 Å². The third-order valence-electron chi connectivity index (χ3n) is 2.77. The molecule has 0 saturated heterocycles. The molecule has 0 radical (unpaired) electrons. The number of thiophene rings is 1. The topological polar surface area (TPSA) is 26.0 Å². The van der Waals surface area contributed by atoms with Crippen molar-refractivity contribution in [1.82, 2.24) is 0 Å². The molecule has 80 valence electrons. The first-order valence-electron chi connectivity index (χ1n) is 4.58. The lowest BCUT2D eigenvalue weighted by molar-refractivity contribution is 0.278. The van der Waals surface area contributed by atoms with Gasteiger partial charge in [-0.05, 0) is 55.3 Å². The van der Waals surface area contributed by atoms with Crippen LogP contribution >= 0.6 is 43.2 Å². The number of hydrogen-bond donors (Lipinski definition) is 1. The molecule has 2 N–H and O–H groups in total. The van der Waals surface area contributed by atoms with Gasteiger partial charge in [-0.15, -0.1) is 11.3 Å². The molecule has 1 aromatic heterocycles. The van der Waals surface area contributed by atoms with Gasteiger partial charge in [0.15, 0.2) is 0 Å². The van der Waals surface area contributed by atoms with E-state index in [9.17, 15) is 0 Å². The molecule has 1 unspecified atom stereocenters. The van der Waals surface area contributed by atoms with E-state index in [1.54, 1.807) is 11.3 Å². The summed E-state index contributed by atoms with van der Waals surface area (Å²) in [6.45, 7) is 6.58. The van der Waals surface area contributed by atoms with Gasteiger partial charge in [-0.1, -0.05) is 20.8 Å². The zero-order chi connectivity index (χ0) is 10.9. The summed E-state index contributed by atoms with van der Waals surface area (Å²) in [5.41, 5.74) is 7.60. The summed E-state index contributed by atoms with van der Waals surface area (Å²) in [7, 11) is 0. The van der Waals surface area contributed by atoms with E-state index in [4.69, 9.17) is 5.73 Å². The second-order valence-electron chi connectivity index (χ2n) is 4.10. The van der Waals surface area contributed by atoms with Gasteiger partial charge in [0.25, 0.3) is 0 Å². The molecule has 0 spiro atoms. The molecule has 0 bridgehead atoms. The fourth-order valence-electron chi connectivity index (χ4n) is 1.21. The minimum absolute atomic E-state index is 0.0874. The molecule has 0 amide bonds. The summed E-state index contributed by atoms with van der Waals surface area (Å²) in [4.78, 5) is 0. The van der Waals surface area contributed by atoms with Crippen LogP contribution in [0, 0.1) is 5.41 Å². The second-order valence-corrected chi connectivity index (χ2v) is 7.85. The van der Waals surface area contributed by atoms with Crippen LogP contribution in [0.1, 0.15) is 38.8 Å². The van der Waals surface area contributed by atoms with E-state index in [1.807, 2.05) is 0 Å². The first kappa shape index (κ1) is 12.7. The first-order chi connectivity index (χ1) is 6.38. The maximum absolute atomic E-state index is 6.25. The Bertz CT molecular complexity index is 320. The molecule has 1 heterocycles. The van der Waals surface area contributed by atoms with E-state index >= 15 is 0 Å². The summed E-state index contributed by atoms with van der Waals surface area (Å²) in [6, 6.07) is 2.20. The van der Waals surface area contributed by atoms with E-state index in [2.05, 4.69) is 58.7 Å². The Morgan fingerprint density at radius 2 is 2.07 bits per heavy atom. The fourth-order valence-corrected chi connectivity index (χ4v) is 4.13. The van der Waals surface area contributed by atoms with Gasteiger partial charge in [0.2, 0.25) is 0 Å². The Morgan fingerprint density at radius 3 is 2.43 bits per heavy atom. The maximum Gasteiger partial charge on any atom is 0.0758 e. The number of nitrogens with two attached hydrogens (primary N) is 1.